The number of nitrogens with two attached hydrogens (primary N) is 1. The largest absolute Gasteiger partial charge is 0.321 e. The second-order valence-corrected chi connectivity index (χ2v) is 3.28. The van der Waals surface area contributed by atoms with Crippen molar-refractivity contribution in [3.8, 4) is 0 Å². The Hall–Kier alpha value is -1.00. The molecular formula is C9H8ClF2NO. The number of hydrogen-bond donors (Lipinski definition) is 1. The molecule has 0 aliphatic heterocycles. The van der Waals surface area contributed by atoms with Gasteiger partial charge in [0.05, 0.1) is 11.1 Å². The molecule has 1 aromatic carbocycles. The Balaban J connectivity index is 3.27. The molecule has 5 heteroatoms. The van der Waals surface area contributed by atoms with Crippen LogP contribution in [0, 0.1) is 11.6 Å². The van der Waals surface area contributed by atoms with Gasteiger partial charge in [0.1, 0.15) is 11.6 Å². The molecule has 0 aliphatic rings. The Kier molecular flexibility index (Phi) is 3.18. The van der Waals surface area contributed by atoms with Gasteiger partial charge in [-0.15, -0.1) is 0 Å². The standard InChI is InChI=1S/C9H8ClF2NO/c1-4(13)9(14)6-2-5(11)3-7(12)8(6)10/h2-4H,13H2,1H3. The van der Waals surface area contributed by atoms with Crippen LogP contribution in [0.2, 0.25) is 5.02 Å². The molecule has 0 amide bonds. The SMILES string of the molecule is CC(N)C(=O)c1cc(F)cc(F)c1Cl. The van der Waals surface area contributed by atoms with E-state index in [1.807, 2.05) is 0 Å². The lowest BCUT2D eigenvalue weighted by Gasteiger charge is -2.07. The van der Waals surface area contributed by atoms with E-state index >= 15 is 0 Å². The number of rotatable bonds is 2. The quantitative estimate of drug-likeness (QED) is 0.612. The number of Topliss-reactive ketones (excluding diaryl/α,β-unsaturated/α-hetero) is 1. The van der Waals surface area contributed by atoms with E-state index in [-0.39, 0.29) is 5.56 Å². The summed E-state index contributed by atoms with van der Waals surface area (Å²) in [7, 11) is 0. The van der Waals surface area contributed by atoms with E-state index < -0.39 is 28.5 Å². The molecule has 0 saturated heterocycles. The Labute approximate surface area is 84.7 Å². The van der Waals surface area contributed by atoms with Crippen LogP contribution in [0.15, 0.2) is 12.1 Å². The van der Waals surface area contributed by atoms with Crippen LogP contribution in [0.3, 0.4) is 0 Å². The van der Waals surface area contributed by atoms with Crippen LogP contribution in [0.4, 0.5) is 8.78 Å². The topological polar surface area (TPSA) is 43.1 Å². The third kappa shape index (κ3) is 2.08. The molecule has 2 nitrogen and oxygen atoms in total. The van der Waals surface area contributed by atoms with Crippen molar-refractivity contribution in [1.29, 1.82) is 0 Å². The van der Waals surface area contributed by atoms with Gasteiger partial charge in [0.15, 0.2) is 5.78 Å². The van der Waals surface area contributed by atoms with E-state index in [0.29, 0.717) is 6.07 Å². The van der Waals surface area contributed by atoms with Gasteiger partial charge in [-0.2, -0.15) is 0 Å². The third-order valence-corrected chi connectivity index (χ3v) is 2.06. The molecule has 0 aliphatic carbocycles. The van der Waals surface area contributed by atoms with Gasteiger partial charge in [0.2, 0.25) is 0 Å². The van der Waals surface area contributed by atoms with Crippen molar-refractivity contribution in [2.45, 2.75) is 13.0 Å². The zero-order valence-corrected chi connectivity index (χ0v) is 8.11. The lowest BCUT2D eigenvalue weighted by molar-refractivity contribution is 0.0967. The smallest absolute Gasteiger partial charge is 0.180 e. The molecule has 2 N–H and O–H groups in total. The number of carbonyl (C=O) groups is 1. The van der Waals surface area contributed by atoms with Crippen molar-refractivity contribution in [2.24, 2.45) is 5.73 Å². The van der Waals surface area contributed by atoms with Crippen molar-refractivity contribution in [1.82, 2.24) is 0 Å². The fourth-order valence-electron chi connectivity index (χ4n) is 0.981. The summed E-state index contributed by atoms with van der Waals surface area (Å²) < 4.78 is 25.6. The average molecular weight is 220 g/mol. The Morgan fingerprint density at radius 2 is 2.07 bits per heavy atom. The van der Waals surface area contributed by atoms with Gasteiger partial charge in [-0.1, -0.05) is 11.6 Å². The van der Waals surface area contributed by atoms with Crippen molar-refractivity contribution < 1.29 is 13.6 Å². The van der Waals surface area contributed by atoms with E-state index in [9.17, 15) is 13.6 Å². The first-order chi connectivity index (χ1) is 6.43. The molecule has 0 aromatic heterocycles. The molecule has 76 valence electrons. The van der Waals surface area contributed by atoms with Gasteiger partial charge in [-0.3, -0.25) is 4.79 Å². The minimum absolute atomic E-state index is 0.223. The predicted molar refractivity (Wildman–Crippen MR) is 49.3 cm³/mol. The van der Waals surface area contributed by atoms with E-state index in [1.54, 1.807) is 0 Å². The highest BCUT2D eigenvalue weighted by atomic mass is 35.5. The third-order valence-electron chi connectivity index (χ3n) is 1.67. The van der Waals surface area contributed by atoms with E-state index in [2.05, 4.69) is 0 Å². The molecular weight excluding hydrogens is 212 g/mol. The van der Waals surface area contributed by atoms with Crippen LogP contribution >= 0.6 is 11.6 Å². The minimum Gasteiger partial charge on any atom is -0.321 e. The molecule has 1 aromatic rings. The lowest BCUT2D eigenvalue weighted by Crippen LogP contribution is -2.27. The summed E-state index contributed by atoms with van der Waals surface area (Å²) in [5.41, 5.74) is 5.06. The Bertz CT molecular complexity index is 379. The molecule has 0 spiro atoms. The van der Waals surface area contributed by atoms with Crippen molar-refractivity contribution in [2.75, 3.05) is 0 Å². The summed E-state index contributed by atoms with van der Waals surface area (Å²) >= 11 is 5.49. The van der Waals surface area contributed by atoms with Crippen LogP contribution in [-0.2, 0) is 0 Å². The first-order valence-corrected chi connectivity index (χ1v) is 4.25. The zero-order valence-electron chi connectivity index (χ0n) is 7.35. The summed E-state index contributed by atoms with van der Waals surface area (Å²) in [5.74, 6) is -2.40. The lowest BCUT2D eigenvalue weighted by atomic mass is 10.1. The Morgan fingerprint density at radius 3 is 2.57 bits per heavy atom. The number of carbonyl (C=O) groups excluding carboxylic acids is 1. The molecule has 1 rings (SSSR count). The summed E-state index contributed by atoms with van der Waals surface area (Å²) in [6.07, 6.45) is 0. The van der Waals surface area contributed by atoms with E-state index in [4.69, 9.17) is 17.3 Å². The van der Waals surface area contributed by atoms with Gasteiger partial charge in [0, 0.05) is 11.6 Å². The first kappa shape index (κ1) is 11.1. The monoisotopic (exact) mass is 219 g/mol. The maximum absolute atomic E-state index is 12.9. The Morgan fingerprint density at radius 1 is 1.50 bits per heavy atom. The van der Waals surface area contributed by atoms with Gasteiger partial charge >= 0.3 is 0 Å². The highest BCUT2D eigenvalue weighted by Crippen LogP contribution is 2.22. The summed E-state index contributed by atoms with van der Waals surface area (Å²) in [4.78, 5) is 11.3. The maximum Gasteiger partial charge on any atom is 0.180 e. The average Bonchev–Trinajstić information content (AvgIpc) is 2.09. The first-order valence-electron chi connectivity index (χ1n) is 3.88. The number of ketones is 1. The van der Waals surface area contributed by atoms with Crippen molar-refractivity contribution in [3.63, 3.8) is 0 Å². The molecule has 0 radical (unpaired) electrons. The van der Waals surface area contributed by atoms with Crippen LogP contribution in [0.1, 0.15) is 17.3 Å². The van der Waals surface area contributed by atoms with Crippen molar-refractivity contribution in [3.05, 3.63) is 34.4 Å². The van der Waals surface area contributed by atoms with Gasteiger partial charge < -0.3 is 5.73 Å². The summed E-state index contributed by atoms with van der Waals surface area (Å²) in [6, 6.07) is 0.644. The molecule has 0 fully saturated rings. The molecule has 0 saturated carbocycles. The molecule has 14 heavy (non-hydrogen) atoms. The highest BCUT2D eigenvalue weighted by molar-refractivity contribution is 6.34. The zero-order chi connectivity index (χ0) is 10.9. The van der Waals surface area contributed by atoms with E-state index in [0.717, 1.165) is 6.07 Å². The maximum atomic E-state index is 12.9. The van der Waals surface area contributed by atoms with Crippen LogP contribution in [0.5, 0.6) is 0 Å². The number of halogens is 3. The second-order valence-electron chi connectivity index (χ2n) is 2.90. The van der Waals surface area contributed by atoms with E-state index in [1.165, 1.54) is 6.92 Å². The predicted octanol–water partition coefficient (Wildman–Crippen LogP) is 2.15. The summed E-state index contributed by atoms with van der Waals surface area (Å²) in [6.45, 7) is 1.42. The number of hydrogen-bond acceptors (Lipinski definition) is 2. The summed E-state index contributed by atoms with van der Waals surface area (Å²) in [5, 5.41) is -0.395. The highest BCUT2D eigenvalue weighted by Gasteiger charge is 2.18. The second kappa shape index (κ2) is 4.02. The molecule has 1 unspecified atom stereocenters. The van der Waals surface area contributed by atoms with Gasteiger partial charge in [-0.25, -0.2) is 8.78 Å². The fourth-order valence-corrected chi connectivity index (χ4v) is 1.18. The van der Waals surface area contributed by atoms with Crippen LogP contribution < -0.4 is 5.73 Å². The van der Waals surface area contributed by atoms with Gasteiger partial charge in [0.25, 0.3) is 0 Å². The fraction of sp³-hybridized carbons (Fsp3) is 0.222. The van der Waals surface area contributed by atoms with Gasteiger partial charge in [-0.05, 0) is 13.0 Å². The van der Waals surface area contributed by atoms with Crippen LogP contribution in [0.25, 0.3) is 0 Å². The molecule has 0 bridgehead atoms. The number of benzene rings is 1. The normalized spacial score (nSPS) is 12.6. The molecule has 0 heterocycles. The minimum atomic E-state index is -0.962. The van der Waals surface area contributed by atoms with Crippen LogP contribution in [-0.4, -0.2) is 11.8 Å². The molecule has 1 atom stereocenters. The van der Waals surface area contributed by atoms with Crippen molar-refractivity contribution >= 4 is 17.4 Å².